The third kappa shape index (κ3) is 2.45. The number of para-hydroxylation sites is 2. The fourth-order valence-electron chi connectivity index (χ4n) is 2.15. The number of H-pyrrole nitrogens is 1. The Morgan fingerprint density at radius 2 is 1.91 bits per heavy atom. The second kappa shape index (κ2) is 4.70. The number of hydrogen-bond acceptors (Lipinski definition) is 5. The van der Waals surface area contributed by atoms with E-state index >= 15 is 0 Å². The van der Waals surface area contributed by atoms with Crippen LogP contribution in [0.25, 0.3) is 22.1 Å². The van der Waals surface area contributed by atoms with Crippen molar-refractivity contribution in [2.75, 3.05) is 5.32 Å². The Balaban J connectivity index is 1.68. The lowest BCUT2D eigenvalue weighted by molar-refractivity contribution is -0.141. The van der Waals surface area contributed by atoms with Gasteiger partial charge in [0, 0.05) is 6.07 Å². The molecule has 23 heavy (non-hydrogen) atoms. The number of imidazole rings is 1. The maximum Gasteiger partial charge on any atom is 0.433 e. The third-order valence-electron chi connectivity index (χ3n) is 3.18. The van der Waals surface area contributed by atoms with Crippen molar-refractivity contribution < 1.29 is 17.6 Å². The summed E-state index contributed by atoms with van der Waals surface area (Å²) in [6.45, 7) is 0. The normalized spacial score (nSPS) is 12.1. The molecule has 0 spiro atoms. The first-order valence-electron chi connectivity index (χ1n) is 6.54. The van der Waals surface area contributed by atoms with Crippen LogP contribution in [0.5, 0.6) is 0 Å². The van der Waals surface area contributed by atoms with E-state index < -0.39 is 11.9 Å². The number of fused-ring (bicyclic) bond motifs is 2. The molecule has 1 aromatic carbocycles. The van der Waals surface area contributed by atoms with E-state index in [0.29, 0.717) is 5.95 Å². The molecule has 2 N–H and O–H groups in total. The third-order valence-corrected chi connectivity index (χ3v) is 3.18. The SMILES string of the molecule is FC(F)(F)c1cc2oc(Nc3nc4ccccc4[nH]3)nc2cn1. The number of aromatic nitrogens is 4. The van der Waals surface area contributed by atoms with Crippen LogP contribution in [0.2, 0.25) is 0 Å². The second-order valence-electron chi connectivity index (χ2n) is 4.78. The minimum Gasteiger partial charge on any atom is -0.423 e. The largest absolute Gasteiger partial charge is 0.433 e. The molecule has 0 radical (unpaired) electrons. The van der Waals surface area contributed by atoms with Crippen LogP contribution in [0.3, 0.4) is 0 Å². The summed E-state index contributed by atoms with van der Waals surface area (Å²) in [7, 11) is 0. The van der Waals surface area contributed by atoms with Crippen LogP contribution >= 0.6 is 0 Å². The molecule has 116 valence electrons. The lowest BCUT2D eigenvalue weighted by atomic mass is 10.3. The summed E-state index contributed by atoms with van der Waals surface area (Å²) in [6, 6.07) is 8.21. The van der Waals surface area contributed by atoms with Crippen molar-refractivity contribution in [2.45, 2.75) is 6.18 Å². The summed E-state index contributed by atoms with van der Waals surface area (Å²) in [5.41, 5.74) is 0.734. The molecule has 0 bridgehead atoms. The molecule has 0 fully saturated rings. The van der Waals surface area contributed by atoms with E-state index in [1.165, 1.54) is 0 Å². The molecule has 4 rings (SSSR count). The van der Waals surface area contributed by atoms with Gasteiger partial charge < -0.3 is 9.40 Å². The summed E-state index contributed by atoms with van der Waals surface area (Å²) >= 11 is 0. The lowest BCUT2D eigenvalue weighted by Crippen LogP contribution is -2.06. The quantitative estimate of drug-likeness (QED) is 0.586. The van der Waals surface area contributed by atoms with E-state index in [1.807, 2.05) is 24.3 Å². The maximum absolute atomic E-state index is 12.6. The van der Waals surface area contributed by atoms with Gasteiger partial charge in [-0.1, -0.05) is 12.1 Å². The Morgan fingerprint density at radius 1 is 1.09 bits per heavy atom. The molecule has 6 nitrogen and oxygen atoms in total. The lowest BCUT2D eigenvalue weighted by Gasteiger charge is -2.03. The van der Waals surface area contributed by atoms with E-state index in [4.69, 9.17) is 4.42 Å². The molecule has 4 aromatic rings. The van der Waals surface area contributed by atoms with Gasteiger partial charge in [-0.15, -0.1) is 0 Å². The van der Waals surface area contributed by atoms with Crippen LogP contribution in [-0.4, -0.2) is 19.9 Å². The van der Waals surface area contributed by atoms with Crippen LogP contribution in [-0.2, 0) is 6.18 Å². The Morgan fingerprint density at radius 3 is 2.70 bits per heavy atom. The van der Waals surface area contributed by atoms with Gasteiger partial charge in [0.1, 0.15) is 11.2 Å². The van der Waals surface area contributed by atoms with Crippen molar-refractivity contribution in [2.24, 2.45) is 0 Å². The van der Waals surface area contributed by atoms with Gasteiger partial charge in [-0.25, -0.2) is 9.97 Å². The molecule has 0 saturated heterocycles. The van der Waals surface area contributed by atoms with E-state index in [9.17, 15) is 13.2 Å². The van der Waals surface area contributed by atoms with Crippen LogP contribution in [0.4, 0.5) is 25.1 Å². The van der Waals surface area contributed by atoms with E-state index in [-0.39, 0.29) is 17.1 Å². The van der Waals surface area contributed by atoms with Crippen molar-refractivity contribution >= 4 is 34.1 Å². The fourth-order valence-corrected chi connectivity index (χ4v) is 2.15. The van der Waals surface area contributed by atoms with Crippen LogP contribution in [0, 0.1) is 0 Å². The first-order chi connectivity index (χ1) is 11.0. The maximum atomic E-state index is 12.6. The zero-order valence-corrected chi connectivity index (χ0v) is 11.3. The summed E-state index contributed by atoms with van der Waals surface area (Å²) < 4.78 is 43.2. The van der Waals surface area contributed by atoms with Crippen molar-refractivity contribution in [1.82, 2.24) is 19.9 Å². The monoisotopic (exact) mass is 319 g/mol. The molecule has 0 amide bonds. The van der Waals surface area contributed by atoms with Gasteiger partial charge in [0.15, 0.2) is 5.58 Å². The minimum absolute atomic E-state index is 0.00839. The highest BCUT2D eigenvalue weighted by Gasteiger charge is 2.33. The van der Waals surface area contributed by atoms with Crippen molar-refractivity contribution in [3.63, 3.8) is 0 Å². The van der Waals surface area contributed by atoms with Gasteiger partial charge in [0.05, 0.1) is 17.2 Å². The average molecular weight is 319 g/mol. The van der Waals surface area contributed by atoms with Crippen molar-refractivity contribution in [1.29, 1.82) is 0 Å². The number of hydrogen-bond donors (Lipinski definition) is 2. The number of pyridine rings is 1. The standard InChI is InChI=1S/C14H8F3N5O/c15-14(16,17)11-5-10-9(6-18-11)21-13(23-10)22-12-19-7-3-1-2-4-8(7)20-12/h1-6H,(H2,19,20,21,22). The van der Waals surface area contributed by atoms with Crippen LogP contribution in [0.15, 0.2) is 40.9 Å². The first kappa shape index (κ1) is 13.6. The summed E-state index contributed by atoms with van der Waals surface area (Å²) in [5, 5.41) is 2.79. The van der Waals surface area contributed by atoms with Gasteiger partial charge in [0.25, 0.3) is 0 Å². The van der Waals surface area contributed by atoms with Gasteiger partial charge in [-0.2, -0.15) is 18.2 Å². The predicted molar refractivity (Wildman–Crippen MR) is 76.2 cm³/mol. The number of benzene rings is 1. The molecule has 0 saturated carbocycles. The van der Waals surface area contributed by atoms with Crippen LogP contribution in [0.1, 0.15) is 5.69 Å². The topological polar surface area (TPSA) is 79.6 Å². The summed E-state index contributed by atoms with van der Waals surface area (Å²) in [6.07, 6.45) is -3.52. The van der Waals surface area contributed by atoms with Crippen molar-refractivity contribution in [3.8, 4) is 0 Å². The highest BCUT2D eigenvalue weighted by molar-refractivity contribution is 5.78. The van der Waals surface area contributed by atoms with Gasteiger partial charge >= 0.3 is 12.2 Å². The number of aromatic amines is 1. The minimum atomic E-state index is -4.53. The average Bonchev–Trinajstić information content (AvgIpc) is 3.07. The number of rotatable bonds is 2. The smallest absolute Gasteiger partial charge is 0.423 e. The molecule has 0 aliphatic rings. The highest BCUT2D eigenvalue weighted by atomic mass is 19.4. The van der Waals surface area contributed by atoms with Crippen LogP contribution < -0.4 is 5.32 Å². The van der Waals surface area contributed by atoms with Crippen molar-refractivity contribution in [3.05, 3.63) is 42.2 Å². The zero-order chi connectivity index (χ0) is 16.0. The first-order valence-corrected chi connectivity index (χ1v) is 6.54. The highest BCUT2D eigenvalue weighted by Crippen LogP contribution is 2.30. The molecule has 0 aliphatic carbocycles. The predicted octanol–water partition coefficient (Wildman–Crippen LogP) is 3.86. The number of halogens is 3. The van der Waals surface area contributed by atoms with E-state index in [0.717, 1.165) is 23.3 Å². The zero-order valence-electron chi connectivity index (χ0n) is 11.3. The molecule has 0 atom stereocenters. The summed E-state index contributed by atoms with van der Waals surface area (Å²) in [4.78, 5) is 14.6. The van der Waals surface area contributed by atoms with Gasteiger partial charge in [-0.05, 0) is 12.1 Å². The Bertz CT molecular complexity index is 971. The number of anilines is 2. The molecule has 3 heterocycles. The Labute approximate surface area is 126 Å². The Hall–Kier alpha value is -3.10. The second-order valence-corrected chi connectivity index (χ2v) is 4.78. The molecule has 3 aromatic heterocycles. The number of oxazole rings is 1. The van der Waals surface area contributed by atoms with E-state index in [2.05, 4.69) is 25.3 Å². The van der Waals surface area contributed by atoms with Gasteiger partial charge in [-0.3, -0.25) is 5.32 Å². The Kier molecular flexibility index (Phi) is 2.77. The number of alkyl halides is 3. The van der Waals surface area contributed by atoms with E-state index in [1.54, 1.807) is 0 Å². The molecular formula is C14H8F3N5O. The molecule has 0 unspecified atom stereocenters. The molecule has 9 heteroatoms. The molecular weight excluding hydrogens is 311 g/mol. The fraction of sp³-hybridized carbons (Fsp3) is 0.0714. The van der Waals surface area contributed by atoms with Gasteiger partial charge in [0.2, 0.25) is 5.95 Å². The number of nitrogens with one attached hydrogen (secondary N) is 2. The number of nitrogens with zero attached hydrogens (tertiary/aromatic N) is 3. The summed E-state index contributed by atoms with van der Waals surface area (Å²) in [5.74, 6) is 0.377. The molecule has 0 aliphatic heterocycles.